The minimum atomic E-state index is -2.95. The average Bonchev–Trinajstić information content (AvgIpc) is 3.46. The molecule has 0 bridgehead atoms. The number of ketones is 1. The summed E-state index contributed by atoms with van der Waals surface area (Å²) in [6, 6.07) is 9.42. The summed E-state index contributed by atoms with van der Waals surface area (Å²) in [6.45, 7) is 3.34. The third kappa shape index (κ3) is 21.2. The SMILES string of the molecule is CCCCCCCCCCCCCCCC(=O)OC[C@H]1O[C@H](Oc2ccc([N+](=O)[O-])cc2)[C@H](O)[C@@H](O)[C@@H]1O.CCCCCCCCCCCCCCCC(=O)[C@@]1(O)[C@@H](O)[C@H](O)[C@@H](CO)O[C@@]1(O)c1ccc([N+](=O)[O-])cc1. The van der Waals surface area contributed by atoms with Crippen LogP contribution in [-0.4, -0.2) is 130 Å². The van der Waals surface area contributed by atoms with E-state index in [4.69, 9.17) is 18.9 Å². The molecule has 432 valence electrons. The van der Waals surface area contributed by atoms with Crippen LogP contribution in [0.2, 0.25) is 0 Å². The van der Waals surface area contributed by atoms with Crippen LogP contribution >= 0.6 is 0 Å². The Morgan fingerprint density at radius 3 is 1.38 bits per heavy atom. The van der Waals surface area contributed by atoms with E-state index in [9.17, 15) is 70.7 Å². The number of nitro groups is 2. The summed E-state index contributed by atoms with van der Waals surface area (Å²) in [6.07, 6.45) is 17.6. The van der Waals surface area contributed by atoms with Gasteiger partial charge in [-0.2, -0.15) is 0 Å². The standard InChI is InChI=1S/2C28H45NO9/c1-2-3-4-5-6-7-8-9-10-11-12-13-14-15-24(30)36-20-23-25(31)26(32)27(33)28(38-23)37-22-18-16-21(17-19-22)29(34)35;1-2-3-4-5-6-7-8-9-10-11-12-13-14-15-24(31)27(34)26(33)25(32)23(20-30)38-28(27,35)21-16-18-22(19-17-21)29(36)37/h16-19,23,25-28,31-33H,2-15,20H2,1H3;16-19,23,25-26,30,32-35H,2-15,20H2,1H3/t2*23-,25-,26+,27-,28+/m11/s1. The molecule has 2 aromatic rings. The van der Waals surface area contributed by atoms with Gasteiger partial charge in [0, 0.05) is 42.7 Å². The Kier molecular flexibility index (Phi) is 31.3. The number of carbonyl (C=O) groups is 2. The molecule has 20 heteroatoms. The molecule has 0 spiro atoms. The Balaban J connectivity index is 0.000000400. The fraction of sp³-hybridized carbons (Fsp3) is 0.750. The highest BCUT2D eigenvalue weighted by Gasteiger charge is 2.67. The number of unbranched alkanes of at least 4 members (excludes halogenated alkanes) is 24. The molecule has 0 radical (unpaired) electrons. The molecule has 10 atom stereocenters. The van der Waals surface area contributed by atoms with E-state index in [1.807, 2.05) is 0 Å². The van der Waals surface area contributed by atoms with Crippen LogP contribution in [0.25, 0.3) is 0 Å². The summed E-state index contributed by atoms with van der Waals surface area (Å²) >= 11 is 0. The van der Waals surface area contributed by atoms with Crippen molar-refractivity contribution in [3.8, 4) is 5.75 Å². The first kappa shape index (κ1) is 66.1. The third-order valence-corrected chi connectivity index (χ3v) is 14.4. The Bertz CT molecular complexity index is 1940. The highest BCUT2D eigenvalue weighted by atomic mass is 16.7. The van der Waals surface area contributed by atoms with Crippen LogP contribution in [0.5, 0.6) is 5.75 Å². The van der Waals surface area contributed by atoms with Crippen LogP contribution in [0.3, 0.4) is 0 Å². The minimum Gasteiger partial charge on any atom is -0.463 e. The van der Waals surface area contributed by atoms with Crippen LogP contribution in [-0.2, 0) is 29.6 Å². The molecule has 20 nitrogen and oxygen atoms in total. The van der Waals surface area contributed by atoms with Crippen LogP contribution in [0.1, 0.15) is 199 Å². The molecule has 0 saturated carbocycles. The number of aliphatic hydroxyl groups excluding tert-OH is 6. The molecule has 2 aromatic carbocycles. The number of rotatable bonds is 37. The molecule has 2 heterocycles. The molecule has 2 aliphatic rings. The Morgan fingerprint density at radius 1 is 0.553 bits per heavy atom. The van der Waals surface area contributed by atoms with Crippen LogP contribution < -0.4 is 4.74 Å². The van der Waals surface area contributed by atoms with E-state index in [0.717, 1.165) is 62.8 Å². The summed E-state index contributed by atoms with van der Waals surface area (Å²) in [4.78, 5) is 45.9. The van der Waals surface area contributed by atoms with Gasteiger partial charge >= 0.3 is 5.97 Å². The van der Waals surface area contributed by atoms with Crippen molar-refractivity contribution >= 4 is 23.1 Å². The van der Waals surface area contributed by atoms with E-state index in [0.29, 0.717) is 12.8 Å². The fourth-order valence-electron chi connectivity index (χ4n) is 9.59. The fourth-order valence-corrected chi connectivity index (χ4v) is 9.59. The largest absolute Gasteiger partial charge is 0.463 e. The lowest BCUT2D eigenvalue weighted by Crippen LogP contribution is -2.74. The average molecular weight is 1080 g/mol. The highest BCUT2D eigenvalue weighted by Crippen LogP contribution is 2.45. The molecular formula is C56H90N2O18. The van der Waals surface area contributed by atoms with Crippen LogP contribution in [0.15, 0.2) is 48.5 Å². The number of hydrogen-bond acceptors (Lipinski definition) is 18. The first-order valence-corrected chi connectivity index (χ1v) is 28.1. The lowest BCUT2D eigenvalue weighted by molar-refractivity contribution is -0.386. The monoisotopic (exact) mass is 1080 g/mol. The molecule has 0 unspecified atom stereocenters. The molecule has 8 N–H and O–H groups in total. The number of non-ortho nitro benzene ring substituents is 2. The zero-order valence-corrected chi connectivity index (χ0v) is 45.0. The van der Waals surface area contributed by atoms with Gasteiger partial charge in [0.15, 0.2) is 5.78 Å². The third-order valence-electron chi connectivity index (χ3n) is 14.4. The Labute approximate surface area is 448 Å². The van der Waals surface area contributed by atoms with Gasteiger partial charge in [0.2, 0.25) is 17.7 Å². The molecule has 76 heavy (non-hydrogen) atoms. The van der Waals surface area contributed by atoms with E-state index in [-0.39, 0.29) is 42.1 Å². The molecule has 2 saturated heterocycles. The molecule has 2 aliphatic heterocycles. The van der Waals surface area contributed by atoms with Gasteiger partial charge < -0.3 is 59.8 Å². The number of benzene rings is 2. The normalized spacial score (nSPS) is 25.3. The zero-order chi connectivity index (χ0) is 55.9. The summed E-state index contributed by atoms with van der Waals surface area (Å²) in [5, 5.41) is 106. The Morgan fingerprint density at radius 2 is 0.961 bits per heavy atom. The van der Waals surface area contributed by atoms with Crippen LogP contribution in [0.4, 0.5) is 11.4 Å². The topological polar surface area (TPSA) is 319 Å². The quantitative estimate of drug-likeness (QED) is 0.0136. The van der Waals surface area contributed by atoms with Crippen LogP contribution in [0, 0.1) is 20.2 Å². The molecule has 0 amide bonds. The highest BCUT2D eigenvalue weighted by molar-refractivity contribution is 5.89. The van der Waals surface area contributed by atoms with Gasteiger partial charge in [0.05, 0.1) is 16.5 Å². The predicted molar refractivity (Wildman–Crippen MR) is 283 cm³/mol. The van der Waals surface area contributed by atoms with Gasteiger partial charge in [-0.15, -0.1) is 0 Å². The maximum atomic E-state index is 13.2. The molecule has 0 aromatic heterocycles. The number of ether oxygens (including phenoxy) is 4. The van der Waals surface area contributed by atoms with E-state index >= 15 is 0 Å². The van der Waals surface area contributed by atoms with Gasteiger partial charge in [0.25, 0.3) is 11.4 Å². The van der Waals surface area contributed by atoms with Crippen molar-refractivity contribution in [1.29, 1.82) is 0 Å². The van der Waals surface area contributed by atoms with Crippen molar-refractivity contribution in [2.75, 3.05) is 13.2 Å². The lowest BCUT2D eigenvalue weighted by Gasteiger charge is -2.52. The van der Waals surface area contributed by atoms with Gasteiger partial charge in [-0.1, -0.05) is 168 Å². The first-order valence-electron chi connectivity index (χ1n) is 28.1. The number of hydrogen-bond donors (Lipinski definition) is 8. The second-order valence-corrected chi connectivity index (χ2v) is 20.5. The van der Waals surface area contributed by atoms with Gasteiger partial charge in [-0.25, -0.2) is 0 Å². The number of nitro benzene ring substituents is 2. The number of Topliss-reactive ketones (excluding diaryl/α,β-unsaturated/α-hetero) is 1. The van der Waals surface area contributed by atoms with E-state index in [2.05, 4.69) is 13.8 Å². The summed E-state index contributed by atoms with van der Waals surface area (Å²) in [5.41, 5.74) is -3.61. The second-order valence-electron chi connectivity index (χ2n) is 20.5. The van der Waals surface area contributed by atoms with Crippen molar-refractivity contribution in [3.63, 3.8) is 0 Å². The van der Waals surface area contributed by atoms with E-state index < -0.39 is 88.6 Å². The summed E-state index contributed by atoms with van der Waals surface area (Å²) < 4.78 is 21.7. The number of aliphatic hydroxyl groups is 8. The predicted octanol–water partition coefficient (Wildman–Crippen LogP) is 8.44. The smallest absolute Gasteiger partial charge is 0.305 e. The number of esters is 1. The van der Waals surface area contributed by atoms with Crippen molar-refractivity contribution in [1.82, 2.24) is 0 Å². The number of carbonyl (C=O) groups excluding carboxylic acids is 2. The zero-order valence-electron chi connectivity index (χ0n) is 45.0. The Hall–Kier alpha value is -4.22. The van der Waals surface area contributed by atoms with Crippen molar-refractivity contribution in [2.45, 2.75) is 254 Å². The van der Waals surface area contributed by atoms with Gasteiger partial charge in [-0.05, 0) is 37.1 Å². The van der Waals surface area contributed by atoms with E-state index in [1.165, 1.54) is 140 Å². The minimum absolute atomic E-state index is 0.133. The molecular weight excluding hydrogens is 989 g/mol. The maximum Gasteiger partial charge on any atom is 0.305 e. The maximum absolute atomic E-state index is 13.2. The van der Waals surface area contributed by atoms with Crippen molar-refractivity contribution < 1.29 is 79.2 Å². The summed E-state index contributed by atoms with van der Waals surface area (Å²) in [5.74, 6) is -4.02. The van der Waals surface area contributed by atoms with Gasteiger partial charge in [0.1, 0.15) is 55.1 Å². The lowest BCUT2D eigenvalue weighted by atomic mass is 9.73. The number of nitrogens with zero attached hydrogens (tertiary/aromatic N) is 2. The van der Waals surface area contributed by atoms with Gasteiger partial charge in [-0.3, -0.25) is 29.8 Å². The molecule has 2 fully saturated rings. The molecule has 4 rings (SSSR count). The second kappa shape index (κ2) is 36.0. The molecule has 0 aliphatic carbocycles. The van der Waals surface area contributed by atoms with Crippen molar-refractivity contribution in [2.24, 2.45) is 0 Å². The van der Waals surface area contributed by atoms with E-state index in [1.54, 1.807) is 0 Å². The summed E-state index contributed by atoms with van der Waals surface area (Å²) in [7, 11) is 0. The first-order chi connectivity index (χ1) is 36.5. The van der Waals surface area contributed by atoms with Crippen molar-refractivity contribution in [3.05, 3.63) is 74.3 Å².